The van der Waals surface area contributed by atoms with Crippen molar-refractivity contribution >= 4 is 46.0 Å². The van der Waals surface area contributed by atoms with Crippen molar-refractivity contribution in [3.05, 3.63) is 58.1 Å². The number of thioether (sulfide) groups is 1. The lowest BCUT2D eigenvalue weighted by molar-refractivity contribution is 0.463. The van der Waals surface area contributed by atoms with E-state index in [0.717, 1.165) is 16.6 Å². The van der Waals surface area contributed by atoms with E-state index in [2.05, 4.69) is 20.2 Å². The van der Waals surface area contributed by atoms with E-state index in [9.17, 15) is 0 Å². The maximum absolute atomic E-state index is 6.16. The molecular weight excluding hydrogens is 367 g/mol. The first kappa shape index (κ1) is 15.5. The molecule has 0 saturated heterocycles. The van der Waals surface area contributed by atoms with Gasteiger partial charge in [-0.25, -0.2) is 4.98 Å². The number of nitrogens with zero attached hydrogens (tertiary/aromatic N) is 3. The average molecular weight is 377 g/mol. The van der Waals surface area contributed by atoms with Gasteiger partial charge in [0, 0.05) is 15.8 Å². The minimum atomic E-state index is 0.357. The molecule has 24 heavy (non-hydrogen) atoms. The molecule has 0 unspecified atom stereocenters. The van der Waals surface area contributed by atoms with Crippen LogP contribution in [0.3, 0.4) is 0 Å². The van der Waals surface area contributed by atoms with Gasteiger partial charge < -0.3 is 9.40 Å². The molecule has 0 saturated carbocycles. The van der Waals surface area contributed by atoms with E-state index >= 15 is 0 Å². The third-order valence-electron chi connectivity index (χ3n) is 3.36. The molecule has 0 spiro atoms. The average Bonchev–Trinajstić information content (AvgIpc) is 3.20. The second kappa shape index (κ2) is 6.47. The lowest BCUT2D eigenvalue weighted by atomic mass is 10.2. The number of halogens is 2. The van der Waals surface area contributed by atoms with Crippen LogP contribution >= 0.6 is 35.0 Å². The third-order valence-corrected chi connectivity index (χ3v) is 4.82. The van der Waals surface area contributed by atoms with Crippen LogP contribution in [0.2, 0.25) is 10.0 Å². The van der Waals surface area contributed by atoms with E-state index in [-0.39, 0.29) is 0 Å². The Morgan fingerprint density at radius 2 is 1.96 bits per heavy atom. The lowest BCUT2D eigenvalue weighted by Gasteiger charge is -2.01. The second-order valence-corrected chi connectivity index (χ2v) is 6.77. The van der Waals surface area contributed by atoms with Gasteiger partial charge >= 0.3 is 0 Å². The van der Waals surface area contributed by atoms with Crippen LogP contribution in [0, 0.1) is 0 Å². The maximum atomic E-state index is 6.16. The molecule has 2 heterocycles. The van der Waals surface area contributed by atoms with Gasteiger partial charge in [0.25, 0.3) is 11.1 Å². The van der Waals surface area contributed by atoms with Crippen LogP contribution in [0.1, 0.15) is 5.56 Å². The number of para-hydroxylation sites is 2. The Hall–Kier alpha value is -2.02. The van der Waals surface area contributed by atoms with Crippen molar-refractivity contribution in [2.24, 2.45) is 0 Å². The fraction of sp³-hybridized carbons (Fsp3) is 0.0625. The minimum Gasteiger partial charge on any atom is -0.408 e. The molecule has 4 rings (SSSR count). The first-order chi connectivity index (χ1) is 11.7. The quantitative estimate of drug-likeness (QED) is 0.495. The molecule has 4 aromatic rings. The van der Waals surface area contributed by atoms with E-state index in [1.807, 2.05) is 30.3 Å². The number of rotatable bonds is 4. The minimum absolute atomic E-state index is 0.357. The van der Waals surface area contributed by atoms with Crippen molar-refractivity contribution in [3.8, 4) is 11.7 Å². The van der Waals surface area contributed by atoms with E-state index in [0.29, 0.717) is 32.7 Å². The number of hydrogen-bond acceptors (Lipinski definition) is 5. The number of aromatic nitrogens is 4. The topological polar surface area (TPSA) is 67.6 Å². The Labute approximate surface area is 151 Å². The van der Waals surface area contributed by atoms with Crippen molar-refractivity contribution < 1.29 is 4.42 Å². The molecule has 0 fully saturated rings. The summed E-state index contributed by atoms with van der Waals surface area (Å²) in [6, 6.07) is 13.1. The monoisotopic (exact) mass is 376 g/mol. The van der Waals surface area contributed by atoms with Crippen LogP contribution in [0.15, 0.2) is 52.1 Å². The number of benzene rings is 2. The molecule has 8 heteroatoms. The summed E-state index contributed by atoms with van der Waals surface area (Å²) >= 11 is 13.5. The highest BCUT2D eigenvalue weighted by Crippen LogP contribution is 2.29. The number of H-pyrrole nitrogens is 1. The van der Waals surface area contributed by atoms with Crippen LogP contribution in [0.5, 0.6) is 0 Å². The largest absolute Gasteiger partial charge is 0.408 e. The van der Waals surface area contributed by atoms with E-state index in [4.69, 9.17) is 27.6 Å². The molecule has 2 aromatic carbocycles. The zero-order valence-corrected chi connectivity index (χ0v) is 14.5. The standard InChI is InChI=1S/C16H10Cl2N4OS/c17-10-6-5-9(11(18)7-10)8-24-16-22-21-15(23-16)14-19-12-3-1-2-4-13(12)20-14/h1-7H,8H2,(H,19,20). The zero-order chi connectivity index (χ0) is 16.5. The van der Waals surface area contributed by atoms with Crippen molar-refractivity contribution in [3.63, 3.8) is 0 Å². The summed E-state index contributed by atoms with van der Waals surface area (Å²) in [6.07, 6.45) is 0. The molecule has 0 aliphatic carbocycles. The first-order valence-corrected chi connectivity index (χ1v) is 8.78. The Balaban J connectivity index is 1.52. The van der Waals surface area contributed by atoms with Gasteiger partial charge in [0.1, 0.15) is 0 Å². The van der Waals surface area contributed by atoms with Gasteiger partial charge in [0.2, 0.25) is 0 Å². The summed E-state index contributed by atoms with van der Waals surface area (Å²) in [6.45, 7) is 0. The van der Waals surface area contributed by atoms with Crippen LogP contribution in [0.4, 0.5) is 0 Å². The predicted octanol–water partition coefficient (Wildman–Crippen LogP) is 5.21. The van der Waals surface area contributed by atoms with Crippen LogP contribution in [0.25, 0.3) is 22.7 Å². The predicted molar refractivity (Wildman–Crippen MR) is 95.4 cm³/mol. The van der Waals surface area contributed by atoms with Gasteiger partial charge in [-0.05, 0) is 29.8 Å². The summed E-state index contributed by atoms with van der Waals surface area (Å²) in [7, 11) is 0. The normalized spacial score (nSPS) is 11.2. The molecule has 0 aliphatic heterocycles. The lowest BCUT2D eigenvalue weighted by Crippen LogP contribution is -1.82. The summed E-state index contributed by atoms with van der Waals surface area (Å²) in [4.78, 5) is 7.60. The van der Waals surface area contributed by atoms with Gasteiger partial charge in [-0.3, -0.25) is 0 Å². The van der Waals surface area contributed by atoms with Gasteiger partial charge in [0.05, 0.1) is 11.0 Å². The second-order valence-electron chi connectivity index (χ2n) is 5.00. The molecule has 0 amide bonds. The summed E-state index contributed by atoms with van der Waals surface area (Å²) in [5.41, 5.74) is 2.73. The smallest absolute Gasteiger partial charge is 0.284 e. The fourth-order valence-corrected chi connectivity index (χ4v) is 3.52. The number of imidazole rings is 1. The van der Waals surface area contributed by atoms with Gasteiger partial charge in [-0.2, -0.15) is 0 Å². The Morgan fingerprint density at radius 3 is 2.79 bits per heavy atom. The molecule has 1 N–H and O–H groups in total. The van der Waals surface area contributed by atoms with Gasteiger partial charge in [0.15, 0.2) is 5.82 Å². The SMILES string of the molecule is Clc1ccc(CSc2nnc(-c3nc4ccccc4[nH]3)o2)c(Cl)c1. The van der Waals surface area contributed by atoms with Gasteiger partial charge in [-0.1, -0.05) is 53.2 Å². The maximum Gasteiger partial charge on any atom is 0.284 e. The van der Waals surface area contributed by atoms with Crippen molar-refractivity contribution in [2.45, 2.75) is 11.0 Å². The van der Waals surface area contributed by atoms with Crippen molar-refractivity contribution in [1.82, 2.24) is 20.2 Å². The number of nitrogens with one attached hydrogen (secondary N) is 1. The summed E-state index contributed by atoms with van der Waals surface area (Å²) < 4.78 is 5.66. The Kier molecular flexibility index (Phi) is 4.18. The van der Waals surface area contributed by atoms with E-state index in [1.54, 1.807) is 12.1 Å². The Bertz CT molecular complexity index is 981. The molecule has 2 aromatic heterocycles. The molecular formula is C16H10Cl2N4OS. The highest BCUT2D eigenvalue weighted by molar-refractivity contribution is 7.98. The van der Waals surface area contributed by atoms with E-state index < -0.39 is 0 Å². The highest BCUT2D eigenvalue weighted by Gasteiger charge is 2.13. The van der Waals surface area contributed by atoms with Gasteiger partial charge in [-0.15, -0.1) is 10.2 Å². The fourth-order valence-electron chi connectivity index (χ4n) is 2.20. The van der Waals surface area contributed by atoms with Crippen LogP contribution in [-0.2, 0) is 5.75 Å². The van der Waals surface area contributed by atoms with E-state index in [1.165, 1.54) is 11.8 Å². The molecule has 0 atom stereocenters. The Morgan fingerprint density at radius 1 is 1.08 bits per heavy atom. The van der Waals surface area contributed by atoms with Crippen molar-refractivity contribution in [2.75, 3.05) is 0 Å². The molecule has 0 bridgehead atoms. The summed E-state index contributed by atoms with van der Waals surface area (Å²) in [5, 5.41) is 9.77. The third kappa shape index (κ3) is 3.13. The summed E-state index contributed by atoms with van der Waals surface area (Å²) in [5.74, 6) is 1.52. The van der Waals surface area contributed by atoms with Crippen LogP contribution < -0.4 is 0 Å². The molecule has 5 nitrogen and oxygen atoms in total. The van der Waals surface area contributed by atoms with Crippen molar-refractivity contribution in [1.29, 1.82) is 0 Å². The molecule has 0 radical (unpaired) electrons. The highest BCUT2D eigenvalue weighted by atomic mass is 35.5. The molecule has 0 aliphatic rings. The molecule has 120 valence electrons. The van der Waals surface area contributed by atoms with Crippen LogP contribution in [-0.4, -0.2) is 20.2 Å². The number of aromatic amines is 1. The first-order valence-electron chi connectivity index (χ1n) is 7.04. The number of fused-ring (bicyclic) bond motifs is 1. The zero-order valence-electron chi connectivity index (χ0n) is 12.2. The number of hydrogen-bond donors (Lipinski definition) is 1.